The summed E-state index contributed by atoms with van der Waals surface area (Å²) in [7, 11) is 1.26. The number of nitrogens with one attached hydrogen (secondary N) is 2. The van der Waals surface area contributed by atoms with Gasteiger partial charge in [0, 0.05) is 39.0 Å². The molecule has 1 aromatic heterocycles. The molecule has 2 atom stereocenters. The summed E-state index contributed by atoms with van der Waals surface area (Å²) in [5.74, 6) is -5.64. The minimum Gasteiger partial charge on any atom is -0.480 e. The predicted molar refractivity (Wildman–Crippen MR) is 163 cm³/mol. The zero-order valence-corrected chi connectivity index (χ0v) is 25.6. The average Bonchev–Trinajstić information content (AvgIpc) is 3.62. The summed E-state index contributed by atoms with van der Waals surface area (Å²) in [6.45, 7) is -2.82. The Hall–Kier alpha value is -4.69. The van der Waals surface area contributed by atoms with Gasteiger partial charge in [0.1, 0.15) is 11.6 Å². The molecule has 15 heteroatoms. The Labute approximate surface area is 278 Å². The van der Waals surface area contributed by atoms with Crippen molar-refractivity contribution in [3.63, 3.8) is 0 Å². The predicted octanol–water partition coefficient (Wildman–Crippen LogP) is 6.63. The molecule has 7 rings (SSSR count). The van der Waals surface area contributed by atoms with Crippen molar-refractivity contribution in [3.05, 3.63) is 92.4 Å². The summed E-state index contributed by atoms with van der Waals surface area (Å²) >= 11 is 6.59. The van der Waals surface area contributed by atoms with Crippen molar-refractivity contribution in [3.8, 4) is 39.9 Å². The lowest BCUT2D eigenvalue weighted by Gasteiger charge is -2.35. The van der Waals surface area contributed by atoms with E-state index in [2.05, 4.69) is 15.7 Å². The van der Waals surface area contributed by atoms with Crippen LogP contribution in [0.25, 0.3) is 11.1 Å². The standard InChI is InChI=1S/C33H26ClF5N4O5/c1-40-30(44)17-12-21-28(47-29-22(46-21)15-42-43(31(29)45)11-9-33(37,38)39)27(36)25(17)24-18-14-32(23-8-5-10-41-23,16-6-3-2-4-7-16)48-20(18)13-19(35)26(24)34/h2-4,6-7,12-13,15,23,41H,5,8-11,14H2,1H3,(H,40,44)/t23?,32-/m0/s1/i10D2,23D. The molecule has 4 aromatic rings. The first-order chi connectivity index (χ1) is 24.0. The first-order valence-electron chi connectivity index (χ1n) is 16.1. The van der Waals surface area contributed by atoms with Crippen molar-refractivity contribution in [2.45, 2.75) is 50.0 Å². The molecule has 3 aliphatic heterocycles. The number of benzene rings is 3. The monoisotopic (exact) mass is 691 g/mol. The molecule has 1 unspecified atom stereocenters. The van der Waals surface area contributed by atoms with E-state index in [0.717, 1.165) is 18.3 Å². The molecule has 2 N–H and O–H groups in total. The molecule has 0 radical (unpaired) electrons. The highest BCUT2D eigenvalue weighted by atomic mass is 35.5. The van der Waals surface area contributed by atoms with Crippen LogP contribution in [0, 0.1) is 11.6 Å². The minimum atomic E-state index is -4.61. The number of fused-ring (bicyclic) bond motifs is 3. The van der Waals surface area contributed by atoms with Crippen molar-refractivity contribution >= 4 is 17.5 Å². The van der Waals surface area contributed by atoms with Crippen LogP contribution in [0.1, 0.15) is 44.9 Å². The van der Waals surface area contributed by atoms with Gasteiger partial charge in [-0.1, -0.05) is 41.9 Å². The fourth-order valence-electron chi connectivity index (χ4n) is 6.15. The third-order valence-corrected chi connectivity index (χ3v) is 8.74. The molecular weight excluding hydrogens is 663 g/mol. The van der Waals surface area contributed by atoms with Gasteiger partial charge in [0.25, 0.3) is 5.91 Å². The smallest absolute Gasteiger partial charge is 0.390 e. The highest BCUT2D eigenvalue weighted by Crippen LogP contribution is 2.55. The van der Waals surface area contributed by atoms with Crippen LogP contribution in [0.4, 0.5) is 22.0 Å². The van der Waals surface area contributed by atoms with Gasteiger partial charge in [0.05, 0.1) is 37.1 Å². The zero-order valence-electron chi connectivity index (χ0n) is 27.9. The topological polar surface area (TPSA) is 104 Å². The molecule has 1 fully saturated rings. The van der Waals surface area contributed by atoms with Crippen LogP contribution < -0.4 is 30.4 Å². The fraction of sp³-hybridized carbons (Fsp3) is 0.303. The van der Waals surface area contributed by atoms with Crippen LogP contribution in [0.15, 0.2) is 53.5 Å². The summed E-state index contributed by atoms with van der Waals surface area (Å²) in [6.07, 6.45) is -5.45. The van der Waals surface area contributed by atoms with E-state index in [4.69, 9.17) is 28.6 Å². The molecule has 0 bridgehead atoms. The maximum Gasteiger partial charge on any atom is 0.390 e. The Morgan fingerprint density at radius 1 is 1.17 bits per heavy atom. The van der Waals surface area contributed by atoms with E-state index < -0.39 is 93.8 Å². The first-order valence-corrected chi connectivity index (χ1v) is 15.0. The van der Waals surface area contributed by atoms with Gasteiger partial charge in [-0.3, -0.25) is 9.59 Å². The van der Waals surface area contributed by atoms with Gasteiger partial charge in [0.15, 0.2) is 22.9 Å². The van der Waals surface area contributed by atoms with Crippen LogP contribution in [0.3, 0.4) is 0 Å². The summed E-state index contributed by atoms with van der Waals surface area (Å²) in [4.78, 5) is 26.4. The zero-order chi connectivity index (χ0) is 36.7. The molecule has 48 heavy (non-hydrogen) atoms. The van der Waals surface area contributed by atoms with Gasteiger partial charge in [-0.25, -0.2) is 13.5 Å². The van der Waals surface area contributed by atoms with Crippen molar-refractivity contribution in [2.75, 3.05) is 13.5 Å². The Morgan fingerprint density at radius 2 is 1.94 bits per heavy atom. The lowest BCUT2D eigenvalue weighted by Crippen LogP contribution is -2.48. The Kier molecular flexibility index (Phi) is 6.95. The molecule has 3 aliphatic rings. The van der Waals surface area contributed by atoms with E-state index in [1.165, 1.54) is 7.05 Å². The second-order valence-corrected chi connectivity index (χ2v) is 11.6. The minimum absolute atomic E-state index is 0.0366. The number of carbonyl (C=O) groups excluding carboxylic acids is 1. The molecule has 4 heterocycles. The molecule has 250 valence electrons. The Balaban J connectivity index is 1.41. The van der Waals surface area contributed by atoms with Gasteiger partial charge < -0.3 is 24.8 Å². The first kappa shape index (κ1) is 28.3. The number of aromatic nitrogens is 2. The lowest BCUT2D eigenvalue weighted by molar-refractivity contribution is -0.137. The Bertz CT molecular complexity index is 2170. The van der Waals surface area contributed by atoms with Crippen LogP contribution in [-0.2, 0) is 18.6 Å². The molecule has 1 saturated heterocycles. The number of hydrogen-bond acceptors (Lipinski definition) is 7. The summed E-state index contributed by atoms with van der Waals surface area (Å²) < 4.78 is 116. The number of aryl methyl sites for hydroxylation is 1. The maximum atomic E-state index is 17.0. The Morgan fingerprint density at radius 3 is 2.62 bits per heavy atom. The van der Waals surface area contributed by atoms with Crippen molar-refractivity contribution in [1.29, 1.82) is 0 Å². The molecule has 3 aromatic carbocycles. The quantitative estimate of drug-likeness (QED) is 0.193. The number of hydrogen-bond donors (Lipinski definition) is 2. The highest BCUT2D eigenvalue weighted by Gasteiger charge is 2.50. The van der Waals surface area contributed by atoms with Crippen LogP contribution in [0.5, 0.6) is 28.7 Å². The van der Waals surface area contributed by atoms with Gasteiger partial charge in [-0.2, -0.15) is 18.3 Å². The molecular formula is C33H26ClF5N4O5. The summed E-state index contributed by atoms with van der Waals surface area (Å²) in [5, 5.41) is 8.15. The number of rotatable bonds is 6. The fourth-order valence-corrected chi connectivity index (χ4v) is 6.41. The number of alkyl halides is 3. The highest BCUT2D eigenvalue weighted by molar-refractivity contribution is 6.34. The van der Waals surface area contributed by atoms with E-state index in [1.807, 2.05) is 0 Å². The van der Waals surface area contributed by atoms with E-state index in [1.54, 1.807) is 30.3 Å². The van der Waals surface area contributed by atoms with E-state index in [9.17, 15) is 24.1 Å². The second kappa shape index (κ2) is 11.8. The number of ether oxygens (including phenoxy) is 3. The van der Waals surface area contributed by atoms with Crippen LogP contribution in [-0.4, -0.2) is 41.4 Å². The van der Waals surface area contributed by atoms with Gasteiger partial charge in [-0.15, -0.1) is 0 Å². The van der Waals surface area contributed by atoms with Gasteiger partial charge in [0.2, 0.25) is 11.5 Å². The SMILES string of the molecule is [2H]C1([2H])CCC([2H])([C@@]2(c3ccccc3)Cc3c(cc(F)c(Cl)c3-c3c(C(=O)NC)cc4c(c3F)Oc3c(cnn(CCC(F)(F)F)c3=O)O4)O2)N1. The van der Waals surface area contributed by atoms with Gasteiger partial charge >= 0.3 is 11.7 Å². The van der Waals surface area contributed by atoms with Gasteiger partial charge in [-0.05, 0) is 31.0 Å². The third-order valence-electron chi connectivity index (χ3n) is 8.37. The molecule has 1 amide bonds. The van der Waals surface area contributed by atoms with Crippen LogP contribution >= 0.6 is 11.6 Å². The average molecular weight is 692 g/mol. The number of amides is 1. The van der Waals surface area contributed by atoms with Crippen LogP contribution in [0.2, 0.25) is 5.02 Å². The number of nitrogens with zero attached hydrogens (tertiary/aromatic N) is 2. The van der Waals surface area contributed by atoms with Crippen molar-refractivity contribution in [1.82, 2.24) is 20.4 Å². The van der Waals surface area contributed by atoms with E-state index in [0.29, 0.717) is 10.2 Å². The second-order valence-electron chi connectivity index (χ2n) is 11.2. The summed E-state index contributed by atoms with van der Waals surface area (Å²) in [6, 6.07) is 8.58. The lowest BCUT2D eigenvalue weighted by atomic mass is 9.80. The summed E-state index contributed by atoms with van der Waals surface area (Å²) in [5.41, 5.74) is -3.72. The van der Waals surface area contributed by atoms with E-state index >= 15 is 8.78 Å². The molecule has 0 spiro atoms. The number of halogens is 6. The maximum absolute atomic E-state index is 17.0. The number of carbonyl (C=O) groups is 1. The molecule has 0 aliphatic carbocycles. The normalized spacial score (nSPS) is 22.9. The van der Waals surface area contributed by atoms with E-state index in [-0.39, 0.29) is 41.9 Å². The molecule has 9 nitrogen and oxygen atoms in total. The third kappa shape index (κ3) is 5.23. The largest absolute Gasteiger partial charge is 0.480 e. The van der Waals surface area contributed by atoms with Crippen molar-refractivity contribution in [2.24, 2.45) is 0 Å². The molecule has 0 saturated carbocycles. The van der Waals surface area contributed by atoms with Crippen molar-refractivity contribution < 1.29 is 45.1 Å².